The highest BCUT2D eigenvalue weighted by molar-refractivity contribution is 7.79. The van der Waals surface area contributed by atoms with Gasteiger partial charge in [0.1, 0.15) is 11.6 Å². The summed E-state index contributed by atoms with van der Waals surface area (Å²) in [5.41, 5.74) is 3.31. The fourth-order valence-corrected chi connectivity index (χ4v) is 2.59. The average Bonchev–Trinajstić information content (AvgIpc) is 2.85. The second-order valence-corrected chi connectivity index (χ2v) is 4.93. The van der Waals surface area contributed by atoms with Gasteiger partial charge in [0, 0.05) is 18.4 Å². The summed E-state index contributed by atoms with van der Waals surface area (Å²) in [6.07, 6.45) is 0. The molecule has 2 aromatic carbocycles. The van der Waals surface area contributed by atoms with Crippen molar-refractivity contribution in [2.75, 3.05) is 7.11 Å². The van der Waals surface area contributed by atoms with Crippen LogP contribution in [-0.2, 0) is 12.3 Å². The van der Waals surface area contributed by atoms with Crippen LogP contribution in [0.15, 0.2) is 48.5 Å². The Kier molecular flexibility index (Phi) is 3.65. The molecule has 3 rings (SSSR count). The molecule has 20 heavy (non-hydrogen) atoms. The predicted octanol–water partition coefficient (Wildman–Crippen LogP) is 3.52. The van der Waals surface area contributed by atoms with Crippen LogP contribution in [0.4, 0.5) is 0 Å². The van der Waals surface area contributed by atoms with E-state index in [1.165, 1.54) is 5.56 Å². The summed E-state index contributed by atoms with van der Waals surface area (Å²) in [5.74, 6) is 2.41. The molecule has 0 spiro atoms. The van der Waals surface area contributed by atoms with Gasteiger partial charge in [-0.15, -0.1) is 0 Å². The molecule has 102 valence electrons. The third-order valence-electron chi connectivity index (χ3n) is 3.36. The van der Waals surface area contributed by atoms with Crippen molar-refractivity contribution in [3.05, 3.63) is 59.9 Å². The molecule has 4 heteroatoms. The zero-order chi connectivity index (χ0) is 13.9. The minimum atomic E-state index is 0.615. The number of thiol groups is 1. The van der Waals surface area contributed by atoms with Crippen LogP contribution in [0.2, 0.25) is 0 Å². The Labute approximate surface area is 123 Å². The zero-order valence-electron chi connectivity index (χ0n) is 11.3. The Bertz CT molecular complexity index is 722. The third-order valence-corrected chi connectivity index (χ3v) is 3.64. The molecule has 3 nitrogen and oxygen atoms in total. The van der Waals surface area contributed by atoms with Gasteiger partial charge >= 0.3 is 0 Å². The van der Waals surface area contributed by atoms with Gasteiger partial charge in [-0.1, -0.05) is 30.3 Å². The lowest BCUT2D eigenvalue weighted by atomic mass is 10.2. The van der Waals surface area contributed by atoms with Gasteiger partial charge in [0.2, 0.25) is 0 Å². The maximum atomic E-state index is 5.25. The van der Waals surface area contributed by atoms with E-state index >= 15 is 0 Å². The summed E-state index contributed by atoms with van der Waals surface area (Å²) in [6, 6.07) is 16.4. The zero-order valence-corrected chi connectivity index (χ0v) is 12.2. The number of hydrogen-bond acceptors (Lipinski definition) is 3. The molecule has 0 saturated heterocycles. The van der Waals surface area contributed by atoms with Gasteiger partial charge in [0.05, 0.1) is 18.1 Å². The number of benzene rings is 2. The lowest BCUT2D eigenvalue weighted by Gasteiger charge is -2.08. The third kappa shape index (κ3) is 2.39. The van der Waals surface area contributed by atoms with Crippen molar-refractivity contribution in [3.8, 4) is 5.75 Å². The van der Waals surface area contributed by atoms with E-state index in [9.17, 15) is 0 Å². The van der Waals surface area contributed by atoms with Crippen molar-refractivity contribution in [1.29, 1.82) is 0 Å². The Balaban J connectivity index is 2.08. The second-order valence-electron chi connectivity index (χ2n) is 4.61. The van der Waals surface area contributed by atoms with Crippen molar-refractivity contribution in [2.45, 2.75) is 12.3 Å². The van der Waals surface area contributed by atoms with E-state index in [1.54, 1.807) is 7.11 Å². The van der Waals surface area contributed by atoms with Gasteiger partial charge in [-0.25, -0.2) is 4.98 Å². The number of imidazole rings is 1. The van der Waals surface area contributed by atoms with E-state index in [1.807, 2.05) is 18.2 Å². The van der Waals surface area contributed by atoms with E-state index in [2.05, 4.69) is 52.5 Å². The highest BCUT2D eigenvalue weighted by Crippen LogP contribution is 2.23. The maximum absolute atomic E-state index is 5.25. The molecule has 0 aliphatic heterocycles. The van der Waals surface area contributed by atoms with Crippen LogP contribution >= 0.6 is 12.6 Å². The Morgan fingerprint density at radius 2 is 1.95 bits per heavy atom. The number of aromatic nitrogens is 2. The van der Waals surface area contributed by atoms with Crippen molar-refractivity contribution < 1.29 is 4.74 Å². The van der Waals surface area contributed by atoms with Crippen LogP contribution in [0, 0.1) is 0 Å². The van der Waals surface area contributed by atoms with Gasteiger partial charge in [-0.2, -0.15) is 12.6 Å². The van der Waals surface area contributed by atoms with Crippen LogP contribution in [0.5, 0.6) is 5.75 Å². The van der Waals surface area contributed by atoms with Crippen molar-refractivity contribution in [2.24, 2.45) is 0 Å². The van der Waals surface area contributed by atoms with Crippen LogP contribution < -0.4 is 4.74 Å². The molecule has 1 aromatic heterocycles. The average molecular weight is 284 g/mol. The molecule has 0 aliphatic rings. The molecular weight excluding hydrogens is 268 g/mol. The lowest BCUT2D eigenvalue weighted by Crippen LogP contribution is -2.03. The molecule has 3 aromatic rings. The summed E-state index contributed by atoms with van der Waals surface area (Å²) < 4.78 is 7.46. The van der Waals surface area contributed by atoms with Crippen molar-refractivity contribution >= 4 is 23.7 Å². The number of ether oxygens (including phenoxy) is 1. The Hall–Kier alpha value is -1.94. The Morgan fingerprint density at radius 3 is 2.65 bits per heavy atom. The monoisotopic (exact) mass is 284 g/mol. The molecule has 0 fully saturated rings. The number of fused-ring (bicyclic) bond motifs is 1. The summed E-state index contributed by atoms with van der Waals surface area (Å²) in [6.45, 7) is 0.805. The van der Waals surface area contributed by atoms with Crippen molar-refractivity contribution in [3.63, 3.8) is 0 Å². The normalized spacial score (nSPS) is 10.9. The number of rotatable bonds is 4. The first-order chi connectivity index (χ1) is 9.81. The van der Waals surface area contributed by atoms with E-state index in [4.69, 9.17) is 4.74 Å². The van der Waals surface area contributed by atoms with Gasteiger partial charge in [0.25, 0.3) is 0 Å². The molecule has 0 bridgehead atoms. The molecule has 1 heterocycles. The van der Waals surface area contributed by atoms with Gasteiger partial charge in [-0.05, 0) is 17.7 Å². The molecule has 0 atom stereocenters. The minimum absolute atomic E-state index is 0.615. The van der Waals surface area contributed by atoms with E-state index in [0.717, 1.165) is 29.2 Å². The topological polar surface area (TPSA) is 27.1 Å². The fraction of sp³-hybridized carbons (Fsp3) is 0.188. The molecule has 0 amide bonds. The quantitative estimate of drug-likeness (QED) is 0.742. The van der Waals surface area contributed by atoms with Crippen LogP contribution in [0.25, 0.3) is 11.0 Å². The predicted molar refractivity (Wildman–Crippen MR) is 84.5 cm³/mol. The fourth-order valence-electron chi connectivity index (χ4n) is 2.35. The Morgan fingerprint density at radius 1 is 1.15 bits per heavy atom. The number of hydrogen-bond donors (Lipinski definition) is 1. The SMILES string of the molecule is COc1ccc2c(c1)nc(CS)n2Cc1ccccc1. The van der Waals surface area contributed by atoms with Crippen LogP contribution in [0.3, 0.4) is 0 Å². The van der Waals surface area contributed by atoms with E-state index in [-0.39, 0.29) is 0 Å². The molecular formula is C16H16N2OS. The summed E-state index contributed by atoms with van der Waals surface area (Å²) >= 11 is 4.39. The first-order valence-electron chi connectivity index (χ1n) is 6.50. The van der Waals surface area contributed by atoms with Crippen molar-refractivity contribution in [1.82, 2.24) is 9.55 Å². The highest BCUT2D eigenvalue weighted by Gasteiger charge is 2.10. The largest absolute Gasteiger partial charge is 0.497 e. The van der Waals surface area contributed by atoms with E-state index in [0.29, 0.717) is 5.75 Å². The molecule has 0 radical (unpaired) electrons. The second kappa shape index (κ2) is 5.59. The highest BCUT2D eigenvalue weighted by atomic mass is 32.1. The molecule has 0 saturated carbocycles. The molecule has 0 N–H and O–H groups in total. The summed E-state index contributed by atoms with van der Waals surface area (Å²) in [4.78, 5) is 4.64. The first kappa shape index (κ1) is 13.1. The standard InChI is InChI=1S/C16H16N2OS/c1-19-13-7-8-15-14(9-13)17-16(11-20)18(15)10-12-5-3-2-4-6-12/h2-9,20H,10-11H2,1H3. The number of methoxy groups -OCH3 is 1. The summed E-state index contributed by atoms with van der Waals surface area (Å²) in [7, 11) is 1.67. The first-order valence-corrected chi connectivity index (χ1v) is 7.13. The van der Waals surface area contributed by atoms with Gasteiger partial charge in [0.15, 0.2) is 0 Å². The van der Waals surface area contributed by atoms with Crippen LogP contribution in [-0.4, -0.2) is 16.7 Å². The van der Waals surface area contributed by atoms with E-state index < -0.39 is 0 Å². The van der Waals surface area contributed by atoms with Crippen LogP contribution in [0.1, 0.15) is 11.4 Å². The summed E-state index contributed by atoms with van der Waals surface area (Å²) in [5, 5.41) is 0. The molecule has 0 unspecified atom stereocenters. The molecule has 0 aliphatic carbocycles. The maximum Gasteiger partial charge on any atom is 0.121 e. The number of nitrogens with zero attached hydrogens (tertiary/aromatic N) is 2. The smallest absolute Gasteiger partial charge is 0.121 e. The minimum Gasteiger partial charge on any atom is -0.497 e. The van der Waals surface area contributed by atoms with Gasteiger partial charge in [-0.3, -0.25) is 0 Å². The van der Waals surface area contributed by atoms with Gasteiger partial charge < -0.3 is 9.30 Å². The lowest BCUT2D eigenvalue weighted by molar-refractivity contribution is 0.415.